The van der Waals surface area contributed by atoms with Crippen LogP contribution >= 0.6 is 0 Å². The third-order valence-corrected chi connectivity index (χ3v) is 1.25. The maximum atomic E-state index is 8.23. The molecule has 0 aliphatic rings. The molecule has 11 heavy (non-hydrogen) atoms. The molecule has 0 saturated heterocycles. The zero-order valence-electron chi connectivity index (χ0n) is 6.23. The molecule has 0 fully saturated rings. The van der Waals surface area contributed by atoms with Crippen molar-refractivity contribution in [1.82, 2.24) is 9.55 Å². The van der Waals surface area contributed by atoms with Crippen molar-refractivity contribution in [3.63, 3.8) is 0 Å². The first-order valence-corrected chi connectivity index (χ1v) is 3.15. The lowest BCUT2D eigenvalue weighted by molar-refractivity contribution is 0.317. The maximum Gasteiger partial charge on any atom is 0.145 e. The SMILES string of the molecule is Cn1cnc(C/C(N)=N/O)c1. The van der Waals surface area contributed by atoms with Gasteiger partial charge in [-0.1, -0.05) is 5.16 Å². The Morgan fingerprint density at radius 1 is 1.91 bits per heavy atom. The zero-order valence-corrected chi connectivity index (χ0v) is 6.23. The van der Waals surface area contributed by atoms with E-state index in [-0.39, 0.29) is 5.84 Å². The van der Waals surface area contributed by atoms with Gasteiger partial charge in [0.1, 0.15) is 5.84 Å². The van der Waals surface area contributed by atoms with Crippen molar-refractivity contribution >= 4 is 5.84 Å². The third kappa shape index (κ3) is 1.96. The molecule has 0 saturated carbocycles. The van der Waals surface area contributed by atoms with Crippen molar-refractivity contribution in [2.24, 2.45) is 17.9 Å². The predicted octanol–water partition coefficient (Wildman–Crippen LogP) is -0.291. The first-order valence-electron chi connectivity index (χ1n) is 3.15. The summed E-state index contributed by atoms with van der Waals surface area (Å²) in [5.74, 6) is 0.170. The van der Waals surface area contributed by atoms with Gasteiger partial charge in [0.2, 0.25) is 0 Å². The largest absolute Gasteiger partial charge is 0.409 e. The second-order valence-electron chi connectivity index (χ2n) is 2.30. The van der Waals surface area contributed by atoms with Crippen molar-refractivity contribution in [2.45, 2.75) is 6.42 Å². The molecule has 0 aliphatic carbocycles. The van der Waals surface area contributed by atoms with E-state index in [9.17, 15) is 0 Å². The van der Waals surface area contributed by atoms with Gasteiger partial charge in [-0.15, -0.1) is 0 Å². The van der Waals surface area contributed by atoms with Gasteiger partial charge in [0.25, 0.3) is 0 Å². The molecule has 0 amide bonds. The van der Waals surface area contributed by atoms with Gasteiger partial charge in [0.05, 0.1) is 18.4 Å². The van der Waals surface area contributed by atoms with E-state index in [1.807, 2.05) is 13.2 Å². The first kappa shape index (κ1) is 7.59. The summed E-state index contributed by atoms with van der Waals surface area (Å²) in [7, 11) is 1.86. The fourth-order valence-electron chi connectivity index (χ4n) is 0.779. The van der Waals surface area contributed by atoms with Crippen LogP contribution in [0.15, 0.2) is 17.7 Å². The normalized spacial score (nSPS) is 11.9. The van der Waals surface area contributed by atoms with Gasteiger partial charge in [0, 0.05) is 13.2 Å². The number of hydrogen-bond acceptors (Lipinski definition) is 3. The monoisotopic (exact) mass is 154 g/mol. The molecule has 0 spiro atoms. The van der Waals surface area contributed by atoms with Crippen LogP contribution in [0.4, 0.5) is 0 Å². The minimum atomic E-state index is 0.170. The van der Waals surface area contributed by atoms with E-state index in [1.54, 1.807) is 10.9 Å². The van der Waals surface area contributed by atoms with Crippen LogP contribution in [0.25, 0.3) is 0 Å². The molecule has 0 aliphatic heterocycles. The molecule has 0 bridgehead atoms. The van der Waals surface area contributed by atoms with Gasteiger partial charge >= 0.3 is 0 Å². The van der Waals surface area contributed by atoms with Gasteiger partial charge in [-0.3, -0.25) is 0 Å². The summed E-state index contributed by atoms with van der Waals surface area (Å²) >= 11 is 0. The highest BCUT2D eigenvalue weighted by Crippen LogP contribution is 1.94. The van der Waals surface area contributed by atoms with Crippen molar-refractivity contribution in [3.05, 3.63) is 18.2 Å². The van der Waals surface area contributed by atoms with E-state index in [2.05, 4.69) is 10.1 Å². The molecule has 3 N–H and O–H groups in total. The van der Waals surface area contributed by atoms with Crippen molar-refractivity contribution in [3.8, 4) is 0 Å². The highest BCUT2D eigenvalue weighted by atomic mass is 16.4. The summed E-state index contributed by atoms with van der Waals surface area (Å²) in [6.45, 7) is 0. The number of hydrogen-bond donors (Lipinski definition) is 2. The van der Waals surface area contributed by atoms with Gasteiger partial charge in [-0.05, 0) is 0 Å². The quantitative estimate of drug-likeness (QED) is 0.266. The van der Waals surface area contributed by atoms with E-state index >= 15 is 0 Å². The first-order chi connectivity index (χ1) is 5.22. The zero-order chi connectivity index (χ0) is 8.27. The standard InChI is InChI=1S/C6H10N4O/c1-10-3-5(8-4-10)2-6(7)9-11/h3-4,11H,2H2,1H3,(H2,7,9). The van der Waals surface area contributed by atoms with E-state index in [0.29, 0.717) is 6.42 Å². The van der Waals surface area contributed by atoms with Gasteiger partial charge in [-0.2, -0.15) is 0 Å². The van der Waals surface area contributed by atoms with Gasteiger partial charge < -0.3 is 15.5 Å². The molecule has 1 aromatic heterocycles. The van der Waals surface area contributed by atoms with Crippen LogP contribution in [0.1, 0.15) is 5.69 Å². The van der Waals surface area contributed by atoms with Crippen LogP contribution in [-0.4, -0.2) is 20.6 Å². The number of imidazole rings is 1. The van der Waals surface area contributed by atoms with Gasteiger partial charge in [0.15, 0.2) is 0 Å². The fraction of sp³-hybridized carbons (Fsp3) is 0.333. The lowest BCUT2D eigenvalue weighted by Gasteiger charge is -1.91. The average molecular weight is 154 g/mol. The summed E-state index contributed by atoms with van der Waals surface area (Å²) in [5.41, 5.74) is 6.06. The molecule has 1 rings (SSSR count). The van der Waals surface area contributed by atoms with E-state index in [4.69, 9.17) is 10.9 Å². The lowest BCUT2D eigenvalue weighted by Crippen LogP contribution is -2.14. The van der Waals surface area contributed by atoms with Crippen LogP contribution < -0.4 is 5.73 Å². The highest BCUT2D eigenvalue weighted by molar-refractivity contribution is 5.81. The van der Waals surface area contributed by atoms with Gasteiger partial charge in [-0.25, -0.2) is 4.98 Å². The highest BCUT2D eigenvalue weighted by Gasteiger charge is 1.98. The molecular formula is C6H10N4O. The molecule has 5 heteroatoms. The van der Waals surface area contributed by atoms with Crippen molar-refractivity contribution < 1.29 is 5.21 Å². The Hall–Kier alpha value is -1.52. The molecule has 0 atom stereocenters. The van der Waals surface area contributed by atoms with Crippen molar-refractivity contribution in [1.29, 1.82) is 0 Å². The number of rotatable bonds is 2. The third-order valence-electron chi connectivity index (χ3n) is 1.25. The Balaban J connectivity index is 2.65. The fourth-order valence-corrected chi connectivity index (χ4v) is 0.779. The molecule has 0 unspecified atom stereocenters. The molecule has 1 aromatic rings. The second-order valence-corrected chi connectivity index (χ2v) is 2.30. The van der Waals surface area contributed by atoms with E-state index in [1.165, 1.54) is 0 Å². The Morgan fingerprint density at radius 3 is 3.09 bits per heavy atom. The molecular weight excluding hydrogens is 144 g/mol. The van der Waals surface area contributed by atoms with E-state index < -0.39 is 0 Å². The summed E-state index contributed by atoms with van der Waals surface area (Å²) in [6, 6.07) is 0. The average Bonchev–Trinajstić information content (AvgIpc) is 2.35. The Bertz CT molecular complexity index is 265. The van der Waals surface area contributed by atoms with Crippen LogP contribution in [0.2, 0.25) is 0 Å². The van der Waals surface area contributed by atoms with Crippen LogP contribution in [-0.2, 0) is 13.5 Å². The number of nitrogens with zero attached hydrogens (tertiary/aromatic N) is 3. The molecule has 5 nitrogen and oxygen atoms in total. The summed E-state index contributed by atoms with van der Waals surface area (Å²) in [4.78, 5) is 3.99. The van der Waals surface area contributed by atoms with E-state index in [0.717, 1.165) is 5.69 Å². The lowest BCUT2D eigenvalue weighted by atomic mass is 10.3. The number of aromatic nitrogens is 2. The number of oxime groups is 1. The molecule has 0 radical (unpaired) electrons. The van der Waals surface area contributed by atoms with Crippen LogP contribution in [0, 0.1) is 0 Å². The predicted molar refractivity (Wildman–Crippen MR) is 40.3 cm³/mol. The molecule has 0 aromatic carbocycles. The Kier molecular flexibility index (Phi) is 2.10. The maximum absolute atomic E-state index is 8.23. The minimum Gasteiger partial charge on any atom is -0.409 e. The second kappa shape index (κ2) is 3.05. The molecule has 1 heterocycles. The Labute approximate surface area is 64.1 Å². The summed E-state index contributed by atoms with van der Waals surface area (Å²) in [6.07, 6.45) is 3.87. The number of aryl methyl sites for hydroxylation is 1. The topological polar surface area (TPSA) is 76.4 Å². The van der Waals surface area contributed by atoms with Crippen molar-refractivity contribution in [2.75, 3.05) is 0 Å². The van der Waals surface area contributed by atoms with Crippen LogP contribution in [0.3, 0.4) is 0 Å². The summed E-state index contributed by atoms with van der Waals surface area (Å²) < 4.78 is 1.81. The minimum absolute atomic E-state index is 0.170. The summed E-state index contributed by atoms with van der Waals surface area (Å²) in [5, 5.41) is 11.1. The van der Waals surface area contributed by atoms with Crippen LogP contribution in [0.5, 0.6) is 0 Å². The smallest absolute Gasteiger partial charge is 0.145 e. The number of nitrogens with two attached hydrogens (primary N) is 1. The Morgan fingerprint density at radius 2 is 2.64 bits per heavy atom. The number of amidine groups is 1. The molecule has 60 valence electrons.